The van der Waals surface area contributed by atoms with Crippen molar-refractivity contribution in [3.05, 3.63) is 94.3 Å². The van der Waals surface area contributed by atoms with Gasteiger partial charge in [0.1, 0.15) is 17.3 Å². The van der Waals surface area contributed by atoms with Crippen LogP contribution in [0.1, 0.15) is 59.5 Å². The second kappa shape index (κ2) is 12.8. The number of carboxylic acid groups (broad SMARTS) is 1. The molecule has 2 atom stereocenters. The Morgan fingerprint density at radius 3 is 2.40 bits per heavy atom. The summed E-state index contributed by atoms with van der Waals surface area (Å²) in [6.45, 7) is 7.48. The third kappa shape index (κ3) is 8.51. The van der Waals surface area contributed by atoms with Gasteiger partial charge in [0.2, 0.25) is 0 Å². The molecule has 0 aromatic heterocycles. The summed E-state index contributed by atoms with van der Waals surface area (Å²) >= 11 is 0. The Balaban J connectivity index is 1.61. The van der Waals surface area contributed by atoms with Crippen molar-refractivity contribution in [2.75, 3.05) is 13.2 Å². The van der Waals surface area contributed by atoms with E-state index in [0.29, 0.717) is 23.6 Å². The highest BCUT2D eigenvalue weighted by atomic mass is 19.4. The van der Waals surface area contributed by atoms with E-state index in [1.165, 1.54) is 6.07 Å². The molecule has 0 saturated heterocycles. The number of β-amino-alcohol motifs (C(OH)–C–C–N with tert-alkyl or cyclic N) is 1. The first-order valence-corrected chi connectivity index (χ1v) is 12.7. The maximum absolute atomic E-state index is 13.9. The second-order valence-corrected chi connectivity index (χ2v) is 10.3. The van der Waals surface area contributed by atoms with Gasteiger partial charge in [0, 0.05) is 17.6 Å². The molecule has 0 aliphatic heterocycles. The largest absolute Gasteiger partial charge is 0.478 e. The quantitative estimate of drug-likeness (QED) is 0.213. The minimum atomic E-state index is -4.88. The lowest BCUT2D eigenvalue weighted by atomic mass is 9.94. The van der Waals surface area contributed by atoms with Gasteiger partial charge in [0.05, 0.1) is 29.9 Å². The van der Waals surface area contributed by atoms with Gasteiger partial charge in [0.25, 0.3) is 0 Å². The van der Waals surface area contributed by atoms with Crippen LogP contribution in [0.25, 0.3) is 0 Å². The van der Waals surface area contributed by atoms with E-state index < -0.39 is 41.0 Å². The van der Waals surface area contributed by atoms with Crippen molar-refractivity contribution in [3.63, 3.8) is 0 Å². The van der Waals surface area contributed by atoms with Crippen molar-refractivity contribution in [2.24, 2.45) is 0 Å². The van der Waals surface area contributed by atoms with Gasteiger partial charge in [-0.1, -0.05) is 30.3 Å². The summed E-state index contributed by atoms with van der Waals surface area (Å²) in [6, 6.07) is 14.4. The highest BCUT2D eigenvalue weighted by Crippen LogP contribution is 2.37. The molecular formula is C30H33F4NO5. The molecule has 0 fully saturated rings. The summed E-state index contributed by atoms with van der Waals surface area (Å²) in [4.78, 5) is 11.2. The van der Waals surface area contributed by atoms with Crippen LogP contribution in [0.3, 0.4) is 0 Å². The Kier molecular flexibility index (Phi) is 9.94. The lowest BCUT2D eigenvalue weighted by Gasteiger charge is -2.28. The van der Waals surface area contributed by atoms with E-state index >= 15 is 0 Å². The summed E-state index contributed by atoms with van der Waals surface area (Å²) in [5.41, 5.74) is -0.686. The maximum Gasteiger partial charge on any atom is 0.417 e. The number of nitrogens with one attached hydrogen (secondary N) is 1. The highest BCUT2D eigenvalue weighted by molar-refractivity contribution is 5.89. The zero-order valence-electron chi connectivity index (χ0n) is 22.7. The molecule has 0 aliphatic carbocycles. The summed E-state index contributed by atoms with van der Waals surface area (Å²) < 4.78 is 65.6. The number of hydrogen-bond acceptors (Lipinski definition) is 5. The van der Waals surface area contributed by atoms with Crippen LogP contribution in [0.5, 0.6) is 11.5 Å². The zero-order chi connectivity index (χ0) is 29.7. The van der Waals surface area contributed by atoms with Gasteiger partial charge in [-0.15, -0.1) is 0 Å². The first kappa shape index (κ1) is 31.1. The fourth-order valence-electron chi connectivity index (χ4n) is 4.16. The summed E-state index contributed by atoms with van der Waals surface area (Å²) in [5, 5.41) is 22.9. The third-order valence-corrected chi connectivity index (χ3v) is 6.35. The zero-order valence-corrected chi connectivity index (χ0v) is 22.7. The fourth-order valence-corrected chi connectivity index (χ4v) is 4.16. The van der Waals surface area contributed by atoms with Crippen molar-refractivity contribution < 1.29 is 42.0 Å². The third-order valence-electron chi connectivity index (χ3n) is 6.35. The Bertz CT molecular complexity index is 1330. The van der Waals surface area contributed by atoms with Crippen LogP contribution >= 0.6 is 0 Å². The van der Waals surface area contributed by atoms with Crippen LogP contribution < -0.4 is 10.1 Å². The Morgan fingerprint density at radius 2 is 1.75 bits per heavy atom. The van der Waals surface area contributed by atoms with Crippen LogP contribution in [-0.2, 0) is 17.3 Å². The number of halogens is 4. The van der Waals surface area contributed by atoms with Gasteiger partial charge in [0.15, 0.2) is 0 Å². The highest BCUT2D eigenvalue weighted by Gasteiger charge is 2.36. The maximum atomic E-state index is 13.9. The Hall–Kier alpha value is -3.47. The molecule has 0 saturated carbocycles. The SMILES string of the molecule is Cc1ccc(CC(C)(C)NC[C@@H](O)COC(C)c2ccccc2Oc2ccc(C(=O)O)c(C(F)(F)F)c2)cc1F. The number of rotatable bonds is 12. The Morgan fingerprint density at radius 1 is 1.05 bits per heavy atom. The van der Waals surface area contributed by atoms with Crippen molar-refractivity contribution in [1.82, 2.24) is 5.32 Å². The van der Waals surface area contributed by atoms with Crippen molar-refractivity contribution in [2.45, 2.75) is 58.0 Å². The topological polar surface area (TPSA) is 88.0 Å². The molecule has 0 amide bonds. The minimum Gasteiger partial charge on any atom is -0.478 e. The van der Waals surface area contributed by atoms with Gasteiger partial charge in [-0.2, -0.15) is 13.2 Å². The monoisotopic (exact) mass is 563 g/mol. The average Bonchev–Trinajstić information content (AvgIpc) is 2.88. The van der Waals surface area contributed by atoms with Crippen molar-refractivity contribution in [3.8, 4) is 11.5 Å². The first-order valence-electron chi connectivity index (χ1n) is 12.7. The van der Waals surface area contributed by atoms with E-state index in [-0.39, 0.29) is 30.5 Å². The molecule has 0 spiro atoms. The first-order chi connectivity index (χ1) is 18.7. The molecule has 3 aromatic carbocycles. The predicted octanol–water partition coefficient (Wildman–Crippen LogP) is 6.69. The molecule has 0 heterocycles. The Labute approximate surface area is 230 Å². The second-order valence-electron chi connectivity index (χ2n) is 10.3. The number of carbonyl (C=O) groups is 1. The van der Waals surface area contributed by atoms with E-state index in [4.69, 9.17) is 14.6 Å². The summed E-state index contributed by atoms with van der Waals surface area (Å²) in [7, 11) is 0. The number of para-hydroxylation sites is 1. The molecule has 3 N–H and O–H groups in total. The molecule has 10 heteroatoms. The van der Waals surface area contributed by atoms with Crippen molar-refractivity contribution >= 4 is 5.97 Å². The number of aromatic carboxylic acids is 1. The molecule has 3 rings (SSSR count). The van der Waals surface area contributed by atoms with E-state index in [9.17, 15) is 27.5 Å². The van der Waals surface area contributed by atoms with Crippen molar-refractivity contribution in [1.29, 1.82) is 0 Å². The molecule has 0 aliphatic rings. The normalized spacial score (nSPS) is 13.6. The van der Waals surface area contributed by atoms with E-state index in [2.05, 4.69) is 5.32 Å². The molecule has 6 nitrogen and oxygen atoms in total. The summed E-state index contributed by atoms with van der Waals surface area (Å²) in [5.74, 6) is -1.91. The smallest absolute Gasteiger partial charge is 0.417 e. The molecule has 216 valence electrons. The van der Waals surface area contributed by atoms with Crippen LogP contribution in [0.2, 0.25) is 0 Å². The van der Waals surface area contributed by atoms with Crippen LogP contribution in [0.4, 0.5) is 17.6 Å². The molecule has 0 bridgehead atoms. The predicted molar refractivity (Wildman–Crippen MR) is 142 cm³/mol. The summed E-state index contributed by atoms with van der Waals surface area (Å²) in [6.07, 6.45) is -5.79. The standard InChI is InChI=1S/C30H33F4NO5/c1-18-9-10-20(13-26(18)31)15-29(3,4)35-16-21(36)17-39-19(2)23-7-5-6-8-27(23)40-22-11-12-24(28(37)38)25(14-22)30(32,33)34/h5-14,19,21,35-36H,15-17H2,1-4H3,(H,37,38)/t19?,21-/m1/s1. The van der Waals surface area contributed by atoms with Gasteiger partial charge in [-0.25, -0.2) is 9.18 Å². The number of benzene rings is 3. The lowest BCUT2D eigenvalue weighted by molar-refractivity contribution is -0.138. The van der Waals surface area contributed by atoms with E-state index in [0.717, 1.165) is 17.7 Å². The molecule has 0 radical (unpaired) electrons. The number of ether oxygens (including phenoxy) is 2. The molecule has 40 heavy (non-hydrogen) atoms. The number of hydrogen-bond donors (Lipinski definition) is 3. The number of alkyl halides is 3. The van der Waals surface area contributed by atoms with E-state index in [1.54, 1.807) is 44.2 Å². The average molecular weight is 564 g/mol. The number of carboxylic acids is 1. The van der Waals surface area contributed by atoms with Gasteiger partial charge in [-0.3, -0.25) is 0 Å². The van der Waals surface area contributed by atoms with Gasteiger partial charge >= 0.3 is 12.1 Å². The minimum absolute atomic E-state index is 0.0384. The van der Waals surface area contributed by atoms with Crippen LogP contribution in [-0.4, -0.2) is 41.0 Å². The van der Waals surface area contributed by atoms with Gasteiger partial charge in [-0.05, 0) is 75.6 Å². The number of aryl methyl sites for hydroxylation is 1. The molecule has 3 aromatic rings. The van der Waals surface area contributed by atoms with Crippen LogP contribution in [0, 0.1) is 12.7 Å². The molecular weight excluding hydrogens is 530 g/mol. The van der Waals surface area contributed by atoms with Gasteiger partial charge < -0.3 is 25.0 Å². The van der Waals surface area contributed by atoms with Crippen LogP contribution in [0.15, 0.2) is 60.7 Å². The van der Waals surface area contributed by atoms with E-state index in [1.807, 2.05) is 19.9 Å². The molecule has 1 unspecified atom stereocenters. The lowest BCUT2D eigenvalue weighted by Crippen LogP contribution is -2.46. The number of aliphatic hydroxyl groups excluding tert-OH is 1. The fraction of sp³-hybridized carbons (Fsp3) is 0.367. The number of aliphatic hydroxyl groups is 1.